The molecule has 0 aliphatic carbocycles. The Morgan fingerprint density at radius 3 is 2.53 bits per heavy atom. The van der Waals surface area contributed by atoms with Crippen LogP contribution in [0.1, 0.15) is 12.5 Å². The van der Waals surface area contributed by atoms with Crippen molar-refractivity contribution in [2.24, 2.45) is 0 Å². The fourth-order valence-electron chi connectivity index (χ4n) is 1.14. The Kier molecular flexibility index (Phi) is 5.45. The van der Waals surface area contributed by atoms with Crippen LogP contribution in [0, 0.1) is 0 Å². The number of carbonyl (C=O) groups excluding carboxylic acids is 1. The van der Waals surface area contributed by atoms with E-state index in [0.717, 1.165) is 25.7 Å². The van der Waals surface area contributed by atoms with Gasteiger partial charge in [0.1, 0.15) is 0 Å². The summed E-state index contributed by atoms with van der Waals surface area (Å²) in [6.45, 7) is 2.12. The minimum atomic E-state index is -0.285. The van der Waals surface area contributed by atoms with E-state index in [4.69, 9.17) is 4.74 Å². The van der Waals surface area contributed by atoms with Crippen molar-refractivity contribution in [2.45, 2.75) is 11.4 Å². The number of carbonyl (C=O) groups is 1. The van der Waals surface area contributed by atoms with Gasteiger partial charge in [0.2, 0.25) is 0 Å². The summed E-state index contributed by atoms with van der Waals surface area (Å²) in [6, 6.07) is 7.73. The number of hydrogen-bond donors (Lipinski definition) is 0. The van der Waals surface area contributed by atoms with Crippen LogP contribution in [0.15, 0.2) is 27.9 Å². The van der Waals surface area contributed by atoms with Crippen molar-refractivity contribution in [1.82, 2.24) is 0 Å². The molecular formula is C12H14O2Te. The second-order valence-electron chi connectivity index (χ2n) is 2.87. The zero-order valence-electron chi connectivity index (χ0n) is 8.90. The van der Waals surface area contributed by atoms with Gasteiger partial charge in [0.25, 0.3) is 0 Å². The molecule has 0 bridgehead atoms. The average molecular weight is 318 g/mol. The summed E-state index contributed by atoms with van der Waals surface area (Å²) in [6.07, 6.45) is 2.95. The summed E-state index contributed by atoms with van der Waals surface area (Å²) in [5.41, 5.74) is 1.07. The van der Waals surface area contributed by atoms with Crippen LogP contribution >= 0.6 is 0 Å². The summed E-state index contributed by atoms with van der Waals surface area (Å²) < 4.78 is 7.15. The van der Waals surface area contributed by atoms with Crippen LogP contribution in [0.4, 0.5) is 0 Å². The topological polar surface area (TPSA) is 26.3 Å². The van der Waals surface area contributed by atoms with Crippen molar-refractivity contribution >= 4 is 33.3 Å². The average Bonchev–Trinajstić information content (AvgIpc) is 2.29. The molecule has 2 nitrogen and oxygen atoms in total. The number of methoxy groups -OCH3 is 1. The number of rotatable bonds is 5. The van der Waals surface area contributed by atoms with Gasteiger partial charge in [-0.3, -0.25) is 0 Å². The number of aldehydes is 1. The number of ether oxygens (including phenoxy) is 1. The van der Waals surface area contributed by atoms with Crippen LogP contribution in [0.5, 0.6) is 5.75 Å². The summed E-state index contributed by atoms with van der Waals surface area (Å²) in [7, 11) is 1.64. The molecule has 1 aromatic carbocycles. The van der Waals surface area contributed by atoms with Crippen LogP contribution < -0.4 is 4.74 Å². The van der Waals surface area contributed by atoms with Crippen molar-refractivity contribution in [1.29, 1.82) is 0 Å². The number of hydrogen-bond acceptors (Lipinski definition) is 2. The molecule has 0 heterocycles. The van der Waals surface area contributed by atoms with Crippen LogP contribution in [0.25, 0.3) is 6.08 Å². The minimum absolute atomic E-state index is 0.285. The maximum atomic E-state index is 10.8. The fourth-order valence-corrected chi connectivity index (χ4v) is 2.91. The molecule has 0 fully saturated rings. The first-order valence-electron chi connectivity index (χ1n) is 4.74. The molecule has 0 atom stereocenters. The van der Waals surface area contributed by atoms with Gasteiger partial charge in [-0.1, -0.05) is 0 Å². The molecule has 0 aliphatic rings. The van der Waals surface area contributed by atoms with E-state index >= 15 is 0 Å². The molecule has 0 amide bonds. The summed E-state index contributed by atoms with van der Waals surface area (Å²) in [4.78, 5) is 10.8. The monoisotopic (exact) mass is 320 g/mol. The van der Waals surface area contributed by atoms with Gasteiger partial charge in [-0.2, -0.15) is 0 Å². The predicted octanol–water partition coefficient (Wildman–Crippen LogP) is 2.38. The van der Waals surface area contributed by atoms with Gasteiger partial charge in [-0.25, -0.2) is 0 Å². The summed E-state index contributed by atoms with van der Waals surface area (Å²) in [5.74, 6) is 0.840. The number of allylic oxidation sites excluding steroid dienone is 1. The van der Waals surface area contributed by atoms with Crippen molar-refractivity contribution in [3.05, 3.63) is 33.4 Å². The Bertz CT molecular complexity index is 341. The molecule has 15 heavy (non-hydrogen) atoms. The fraction of sp³-hybridized carbons (Fsp3) is 0.250. The first-order chi connectivity index (χ1) is 7.30. The van der Waals surface area contributed by atoms with Gasteiger partial charge in [0, 0.05) is 0 Å². The van der Waals surface area contributed by atoms with Gasteiger partial charge in [0.15, 0.2) is 0 Å². The molecule has 0 saturated carbocycles. The zero-order valence-corrected chi connectivity index (χ0v) is 11.2. The van der Waals surface area contributed by atoms with E-state index < -0.39 is 0 Å². The SMILES string of the molecule is CC[Te]/C(C=O)=C\c1ccc(OC)cc1. The second kappa shape index (κ2) is 6.66. The van der Waals surface area contributed by atoms with Crippen LogP contribution in [-0.2, 0) is 4.79 Å². The Balaban J connectivity index is 2.81. The molecule has 0 radical (unpaired) electrons. The third-order valence-corrected chi connectivity index (χ3v) is 4.24. The molecule has 80 valence electrons. The van der Waals surface area contributed by atoms with E-state index in [-0.39, 0.29) is 20.9 Å². The molecule has 0 aromatic heterocycles. The summed E-state index contributed by atoms with van der Waals surface area (Å²) >= 11 is -0.285. The molecule has 0 spiro atoms. The van der Waals surface area contributed by atoms with Crippen LogP contribution in [0.3, 0.4) is 0 Å². The second-order valence-corrected chi connectivity index (χ2v) is 6.69. The van der Waals surface area contributed by atoms with Crippen LogP contribution in [-0.4, -0.2) is 34.3 Å². The van der Waals surface area contributed by atoms with E-state index in [1.807, 2.05) is 30.3 Å². The third kappa shape index (κ3) is 4.07. The van der Waals surface area contributed by atoms with Crippen molar-refractivity contribution in [3.63, 3.8) is 0 Å². The van der Waals surface area contributed by atoms with Gasteiger partial charge < -0.3 is 0 Å². The molecule has 0 aliphatic heterocycles. The molecule has 1 aromatic rings. The maximum absolute atomic E-state index is 10.8. The number of benzene rings is 1. The van der Waals surface area contributed by atoms with Gasteiger partial charge in [-0.05, 0) is 0 Å². The molecule has 0 unspecified atom stereocenters. The first kappa shape index (κ1) is 12.3. The van der Waals surface area contributed by atoms with Crippen molar-refractivity contribution in [2.75, 3.05) is 7.11 Å². The Hall–Kier alpha value is -0.780. The van der Waals surface area contributed by atoms with Gasteiger partial charge >= 0.3 is 101 Å². The Morgan fingerprint density at radius 1 is 1.40 bits per heavy atom. The van der Waals surface area contributed by atoms with Crippen molar-refractivity contribution in [3.8, 4) is 5.75 Å². The van der Waals surface area contributed by atoms with E-state index in [1.165, 1.54) is 0 Å². The first-order valence-corrected chi connectivity index (χ1v) is 7.55. The third-order valence-electron chi connectivity index (χ3n) is 1.85. The van der Waals surface area contributed by atoms with Crippen molar-refractivity contribution < 1.29 is 9.53 Å². The molecule has 0 saturated heterocycles. The molecule has 3 heteroatoms. The zero-order chi connectivity index (χ0) is 11.1. The standard InChI is InChI=1S/C12H14O2Te/c1-3-15-12(9-13)8-10-4-6-11(14-2)7-5-10/h4-9H,3H2,1-2H3/b12-8-. The van der Waals surface area contributed by atoms with Crippen LogP contribution in [0.2, 0.25) is 4.47 Å². The van der Waals surface area contributed by atoms with E-state index in [9.17, 15) is 4.79 Å². The Labute approximate surface area is 100 Å². The summed E-state index contributed by atoms with van der Waals surface area (Å²) in [5, 5.41) is 0. The van der Waals surface area contributed by atoms with E-state index in [2.05, 4.69) is 6.92 Å². The van der Waals surface area contributed by atoms with Gasteiger partial charge in [-0.15, -0.1) is 0 Å². The van der Waals surface area contributed by atoms with Gasteiger partial charge in [0.05, 0.1) is 0 Å². The molecular weight excluding hydrogens is 304 g/mol. The Morgan fingerprint density at radius 2 is 2.07 bits per heavy atom. The predicted molar refractivity (Wildman–Crippen MR) is 63.3 cm³/mol. The normalized spacial score (nSPS) is 11.2. The quantitative estimate of drug-likeness (QED) is 0.473. The molecule has 0 N–H and O–H groups in total. The van der Waals surface area contributed by atoms with E-state index in [0.29, 0.717) is 0 Å². The molecule has 1 rings (SSSR count). The van der Waals surface area contributed by atoms with E-state index in [1.54, 1.807) is 7.11 Å².